The van der Waals surface area contributed by atoms with Crippen molar-refractivity contribution in [3.8, 4) is 17.1 Å². The molecule has 10 nitrogen and oxygen atoms in total. The van der Waals surface area contributed by atoms with E-state index in [-0.39, 0.29) is 34.6 Å². The van der Waals surface area contributed by atoms with Gasteiger partial charge in [-0.1, -0.05) is 6.07 Å². The molecule has 1 aliphatic heterocycles. The second kappa shape index (κ2) is 9.38. The first-order valence-electron chi connectivity index (χ1n) is 11.9. The van der Waals surface area contributed by atoms with E-state index in [4.69, 9.17) is 15.5 Å². The molecule has 1 saturated heterocycles. The Bertz CT molecular complexity index is 1380. The van der Waals surface area contributed by atoms with Crippen LogP contribution in [0.1, 0.15) is 49.9 Å². The first kappa shape index (κ1) is 24.0. The zero-order valence-electron chi connectivity index (χ0n) is 20.1. The molecule has 188 valence electrons. The topological polar surface area (TPSA) is 140 Å². The number of hydrogen-bond acceptors (Lipinski definition) is 9. The van der Waals surface area contributed by atoms with Gasteiger partial charge in [0.1, 0.15) is 17.7 Å². The molecule has 11 heteroatoms. The summed E-state index contributed by atoms with van der Waals surface area (Å²) in [4.78, 5) is 28.4. The van der Waals surface area contributed by atoms with Gasteiger partial charge >= 0.3 is 0 Å². The van der Waals surface area contributed by atoms with E-state index in [2.05, 4.69) is 33.4 Å². The van der Waals surface area contributed by atoms with Gasteiger partial charge < -0.3 is 15.4 Å². The highest BCUT2D eigenvalue weighted by Gasteiger charge is 2.33. The number of carbonyl (C=O) groups excluding carboxylic acids is 1. The molecule has 0 spiro atoms. The molecule has 4 heterocycles. The second-order valence-electron chi connectivity index (χ2n) is 9.29. The fourth-order valence-corrected chi connectivity index (χ4v) is 5.31. The molecule has 2 aliphatic rings. The number of nitrogens with one attached hydrogen (secondary N) is 1. The third-order valence-corrected chi connectivity index (χ3v) is 7.64. The van der Waals surface area contributed by atoms with Crippen molar-refractivity contribution in [3.05, 3.63) is 54.2 Å². The van der Waals surface area contributed by atoms with Crippen molar-refractivity contribution in [2.45, 2.75) is 62.7 Å². The van der Waals surface area contributed by atoms with E-state index < -0.39 is 15.9 Å². The third-order valence-electron chi connectivity index (χ3n) is 6.41. The number of carbonyl (C=O) groups is 1. The molecular weight excluding hydrogens is 480 g/mol. The molecule has 0 radical (unpaired) electrons. The van der Waals surface area contributed by atoms with Gasteiger partial charge in [-0.15, -0.1) is 0 Å². The van der Waals surface area contributed by atoms with Gasteiger partial charge in [-0.25, -0.2) is 19.7 Å². The molecule has 3 aromatic rings. The Morgan fingerprint density at radius 1 is 1.03 bits per heavy atom. The maximum atomic E-state index is 13.3. The number of pyridine rings is 3. The predicted octanol–water partition coefficient (Wildman–Crippen LogP) is 3.16. The maximum Gasteiger partial charge on any atom is 0.281 e. The van der Waals surface area contributed by atoms with Gasteiger partial charge in [0.05, 0.1) is 11.3 Å². The lowest BCUT2D eigenvalue weighted by molar-refractivity contribution is 0.0981. The van der Waals surface area contributed by atoms with Crippen LogP contribution in [0.3, 0.4) is 0 Å². The predicted molar refractivity (Wildman–Crippen MR) is 135 cm³/mol. The van der Waals surface area contributed by atoms with E-state index >= 15 is 0 Å². The number of nitrogens with two attached hydrogens (primary N) is 1. The van der Waals surface area contributed by atoms with Gasteiger partial charge in [-0.2, -0.15) is 8.42 Å². The van der Waals surface area contributed by atoms with Crippen LogP contribution < -0.4 is 20.1 Å². The average molecular weight is 509 g/mol. The standard InChI is InChI=1S/C25H28N6O4S/c1-15-6-7-16(2)31(15)24-19(25(32)30-36(33,34)23-5-3-4-21(26)29-23)11-12-20(28-24)17-8-13-22(27-14-17)35-18-9-10-18/h3-5,8,11-16,18H,6-7,9-10H2,1-2H3,(H2,26,29)(H,30,32)/t15-,16-/m1/s1. The molecule has 36 heavy (non-hydrogen) atoms. The molecule has 0 bridgehead atoms. The van der Waals surface area contributed by atoms with Crippen LogP contribution in [0, 0.1) is 0 Å². The van der Waals surface area contributed by atoms with E-state index in [1.165, 1.54) is 18.2 Å². The zero-order valence-corrected chi connectivity index (χ0v) is 20.9. The van der Waals surface area contributed by atoms with Crippen molar-refractivity contribution in [2.75, 3.05) is 10.6 Å². The van der Waals surface area contributed by atoms with Gasteiger partial charge in [0.15, 0.2) is 5.03 Å². The Balaban J connectivity index is 1.48. The number of anilines is 2. The first-order valence-corrected chi connectivity index (χ1v) is 13.4. The number of nitrogen functional groups attached to an aromatic ring is 1. The molecule has 3 N–H and O–H groups in total. The Morgan fingerprint density at radius 3 is 2.42 bits per heavy atom. The molecule has 5 rings (SSSR count). The summed E-state index contributed by atoms with van der Waals surface area (Å²) in [6.07, 6.45) is 5.92. The van der Waals surface area contributed by atoms with Crippen LogP contribution in [0.15, 0.2) is 53.7 Å². The highest BCUT2D eigenvalue weighted by molar-refractivity contribution is 7.90. The summed E-state index contributed by atoms with van der Waals surface area (Å²) in [5.74, 6) is 0.251. The summed E-state index contributed by atoms with van der Waals surface area (Å²) < 4.78 is 33.5. The van der Waals surface area contributed by atoms with Gasteiger partial charge in [0, 0.05) is 29.9 Å². The number of sulfonamides is 1. The number of aromatic nitrogens is 3. The van der Waals surface area contributed by atoms with Crippen LogP contribution in [0.4, 0.5) is 11.6 Å². The molecule has 0 aromatic carbocycles. The number of amides is 1. The van der Waals surface area contributed by atoms with E-state index in [1.54, 1.807) is 18.3 Å². The van der Waals surface area contributed by atoms with Crippen LogP contribution in [0.25, 0.3) is 11.3 Å². The smallest absolute Gasteiger partial charge is 0.281 e. The van der Waals surface area contributed by atoms with Crippen LogP contribution in [-0.2, 0) is 10.0 Å². The Labute approximate surface area is 210 Å². The fraction of sp³-hybridized carbons (Fsp3) is 0.360. The second-order valence-corrected chi connectivity index (χ2v) is 10.9. The first-order chi connectivity index (χ1) is 17.2. The van der Waals surface area contributed by atoms with Crippen molar-refractivity contribution in [2.24, 2.45) is 0 Å². The van der Waals surface area contributed by atoms with Crippen molar-refractivity contribution >= 4 is 27.6 Å². The highest BCUT2D eigenvalue weighted by Crippen LogP contribution is 2.34. The van der Waals surface area contributed by atoms with Crippen molar-refractivity contribution in [1.82, 2.24) is 19.7 Å². The molecule has 0 unspecified atom stereocenters. The Hall–Kier alpha value is -3.73. The lowest BCUT2D eigenvalue weighted by Crippen LogP contribution is -2.37. The minimum atomic E-state index is -4.23. The number of ether oxygens (including phenoxy) is 1. The van der Waals surface area contributed by atoms with E-state index in [0.29, 0.717) is 17.4 Å². The minimum absolute atomic E-state index is 0.0407. The summed E-state index contributed by atoms with van der Waals surface area (Å²) in [6.45, 7) is 4.14. The third kappa shape index (κ3) is 4.97. The van der Waals surface area contributed by atoms with Gasteiger partial charge in [-0.3, -0.25) is 4.79 Å². The summed E-state index contributed by atoms with van der Waals surface area (Å²) in [5.41, 5.74) is 7.18. The summed E-state index contributed by atoms with van der Waals surface area (Å²) in [6, 6.07) is 11.5. The monoisotopic (exact) mass is 508 g/mol. The molecule has 1 amide bonds. The number of hydrogen-bond donors (Lipinski definition) is 2. The molecule has 1 saturated carbocycles. The minimum Gasteiger partial charge on any atom is -0.474 e. The van der Waals surface area contributed by atoms with Crippen LogP contribution in [-0.4, -0.2) is 47.5 Å². The maximum absolute atomic E-state index is 13.3. The average Bonchev–Trinajstić information content (AvgIpc) is 3.60. The van der Waals surface area contributed by atoms with Crippen LogP contribution in [0.2, 0.25) is 0 Å². The lowest BCUT2D eigenvalue weighted by atomic mass is 10.1. The molecule has 2 fully saturated rings. The van der Waals surface area contributed by atoms with E-state index in [0.717, 1.165) is 31.2 Å². The van der Waals surface area contributed by atoms with Crippen molar-refractivity contribution in [3.63, 3.8) is 0 Å². The van der Waals surface area contributed by atoms with Crippen LogP contribution in [0.5, 0.6) is 5.88 Å². The molecule has 3 aromatic heterocycles. The number of nitrogens with zero attached hydrogens (tertiary/aromatic N) is 4. The quantitative estimate of drug-likeness (QED) is 0.492. The number of rotatable bonds is 7. The summed E-state index contributed by atoms with van der Waals surface area (Å²) >= 11 is 0. The van der Waals surface area contributed by atoms with E-state index in [1.807, 2.05) is 12.1 Å². The Kier molecular flexibility index (Phi) is 6.25. The van der Waals surface area contributed by atoms with Gasteiger partial charge in [0.25, 0.3) is 15.9 Å². The zero-order chi connectivity index (χ0) is 25.4. The van der Waals surface area contributed by atoms with Crippen molar-refractivity contribution in [1.29, 1.82) is 0 Å². The SMILES string of the molecule is C[C@@H]1CC[C@@H](C)N1c1nc(-c2ccc(OC3CC3)nc2)ccc1C(=O)NS(=O)(=O)c1cccc(N)n1. The fourth-order valence-electron chi connectivity index (χ4n) is 4.36. The summed E-state index contributed by atoms with van der Waals surface area (Å²) in [5, 5.41) is -0.329. The lowest BCUT2D eigenvalue weighted by Gasteiger charge is -2.29. The molecule has 1 aliphatic carbocycles. The normalized spacial score (nSPS) is 19.8. The largest absolute Gasteiger partial charge is 0.474 e. The van der Waals surface area contributed by atoms with Crippen molar-refractivity contribution < 1.29 is 17.9 Å². The van der Waals surface area contributed by atoms with Gasteiger partial charge in [0.2, 0.25) is 5.88 Å². The highest BCUT2D eigenvalue weighted by atomic mass is 32.2. The Morgan fingerprint density at radius 2 is 1.78 bits per heavy atom. The van der Waals surface area contributed by atoms with E-state index in [9.17, 15) is 13.2 Å². The van der Waals surface area contributed by atoms with Gasteiger partial charge in [-0.05, 0) is 69.9 Å². The molecular formula is C25H28N6O4S. The van der Waals surface area contributed by atoms with Crippen LogP contribution >= 0.6 is 0 Å². The summed E-state index contributed by atoms with van der Waals surface area (Å²) in [7, 11) is -4.23. The molecule has 2 atom stereocenters.